The van der Waals surface area contributed by atoms with Gasteiger partial charge in [-0.05, 0) is 24.6 Å². The Bertz CT molecular complexity index is 618. The number of ether oxygens (including phenoxy) is 1. The minimum absolute atomic E-state index is 0.105. The Morgan fingerprint density at radius 1 is 1.42 bits per heavy atom. The Hall–Kier alpha value is -2.57. The Balaban J connectivity index is 2.35. The quantitative estimate of drug-likeness (QED) is 0.839. The van der Waals surface area contributed by atoms with Crippen molar-refractivity contribution in [2.24, 2.45) is 0 Å². The fraction of sp³-hybridized carbons (Fsp3) is 0.167. The second kappa shape index (κ2) is 5.38. The van der Waals surface area contributed by atoms with Crippen LogP contribution in [0.1, 0.15) is 5.56 Å². The van der Waals surface area contributed by atoms with Gasteiger partial charge < -0.3 is 4.74 Å². The van der Waals surface area contributed by atoms with E-state index in [0.717, 1.165) is 0 Å². The van der Waals surface area contributed by atoms with Gasteiger partial charge in [-0.15, -0.1) is 0 Å². The van der Waals surface area contributed by atoms with Crippen LogP contribution in [0.5, 0.6) is 0 Å². The smallest absolute Gasteiger partial charge is 0.413 e. The third-order valence-corrected chi connectivity index (χ3v) is 2.41. The predicted molar refractivity (Wildman–Crippen MR) is 66.0 cm³/mol. The van der Waals surface area contributed by atoms with Crippen molar-refractivity contribution in [3.8, 4) is 11.3 Å². The topological polar surface area (TPSA) is 77.0 Å². The van der Waals surface area contributed by atoms with Crippen LogP contribution in [0.4, 0.5) is 15.1 Å². The molecule has 19 heavy (non-hydrogen) atoms. The van der Waals surface area contributed by atoms with Crippen molar-refractivity contribution in [3.05, 3.63) is 36.0 Å². The molecule has 0 aliphatic rings. The summed E-state index contributed by atoms with van der Waals surface area (Å²) < 4.78 is 17.4. The number of aryl methyl sites for hydroxylation is 1. The first-order chi connectivity index (χ1) is 9.10. The van der Waals surface area contributed by atoms with Gasteiger partial charge >= 0.3 is 6.09 Å². The molecular formula is C12H11FN4O2. The van der Waals surface area contributed by atoms with E-state index in [0.29, 0.717) is 16.8 Å². The number of halogens is 1. The first-order valence-electron chi connectivity index (χ1n) is 5.40. The molecule has 0 bridgehead atoms. The third-order valence-electron chi connectivity index (χ3n) is 2.41. The van der Waals surface area contributed by atoms with Gasteiger partial charge in [0.1, 0.15) is 0 Å². The van der Waals surface area contributed by atoms with Crippen LogP contribution >= 0.6 is 0 Å². The Labute approximate surface area is 108 Å². The molecule has 0 saturated carbocycles. The normalized spacial score (nSPS) is 10.1. The molecule has 0 spiro atoms. The second-order valence-corrected chi connectivity index (χ2v) is 3.70. The standard InChI is InChI=1S/C12H11FN4O2/c1-7-5-10(13)15-6-8(7)9-3-4-14-11(16-9)17-12(18)19-2/h3-6H,1-2H3,(H,14,16,17,18). The Morgan fingerprint density at radius 2 is 2.21 bits per heavy atom. The number of nitrogens with zero attached hydrogens (tertiary/aromatic N) is 3. The Kier molecular flexibility index (Phi) is 3.65. The molecule has 0 aliphatic carbocycles. The zero-order chi connectivity index (χ0) is 13.8. The summed E-state index contributed by atoms with van der Waals surface area (Å²) in [5.74, 6) is -0.448. The zero-order valence-corrected chi connectivity index (χ0v) is 10.3. The number of pyridine rings is 1. The van der Waals surface area contributed by atoms with Crippen molar-refractivity contribution >= 4 is 12.0 Å². The molecule has 2 rings (SSSR count). The number of hydrogen-bond donors (Lipinski definition) is 1. The molecule has 7 heteroatoms. The van der Waals surface area contributed by atoms with E-state index in [2.05, 4.69) is 25.0 Å². The van der Waals surface area contributed by atoms with Gasteiger partial charge in [0.05, 0.1) is 12.8 Å². The highest BCUT2D eigenvalue weighted by atomic mass is 19.1. The number of methoxy groups -OCH3 is 1. The van der Waals surface area contributed by atoms with Crippen LogP contribution in [0.15, 0.2) is 24.5 Å². The lowest BCUT2D eigenvalue weighted by atomic mass is 10.1. The molecule has 2 aromatic heterocycles. The molecular weight excluding hydrogens is 251 g/mol. The van der Waals surface area contributed by atoms with E-state index in [9.17, 15) is 9.18 Å². The van der Waals surface area contributed by atoms with Crippen molar-refractivity contribution in [2.75, 3.05) is 12.4 Å². The molecule has 2 aromatic rings. The fourth-order valence-corrected chi connectivity index (χ4v) is 1.50. The van der Waals surface area contributed by atoms with Crippen LogP contribution in [0.3, 0.4) is 0 Å². The van der Waals surface area contributed by atoms with Crippen molar-refractivity contribution in [1.29, 1.82) is 0 Å². The lowest BCUT2D eigenvalue weighted by Crippen LogP contribution is -2.13. The highest BCUT2D eigenvalue weighted by molar-refractivity contribution is 5.82. The van der Waals surface area contributed by atoms with Crippen molar-refractivity contribution < 1.29 is 13.9 Å². The van der Waals surface area contributed by atoms with E-state index in [1.54, 1.807) is 13.0 Å². The average Bonchev–Trinajstić information content (AvgIpc) is 2.39. The number of aromatic nitrogens is 3. The summed E-state index contributed by atoms with van der Waals surface area (Å²) in [6.45, 7) is 1.75. The lowest BCUT2D eigenvalue weighted by molar-refractivity contribution is 0.186. The van der Waals surface area contributed by atoms with Crippen molar-refractivity contribution in [1.82, 2.24) is 15.0 Å². The van der Waals surface area contributed by atoms with E-state index in [1.807, 2.05) is 0 Å². The molecule has 0 fully saturated rings. The van der Waals surface area contributed by atoms with Crippen LogP contribution in [0.2, 0.25) is 0 Å². The molecule has 0 aromatic carbocycles. The van der Waals surface area contributed by atoms with Gasteiger partial charge in [0.2, 0.25) is 11.9 Å². The van der Waals surface area contributed by atoms with Gasteiger partial charge in [-0.2, -0.15) is 4.39 Å². The number of nitrogens with one attached hydrogen (secondary N) is 1. The molecule has 1 N–H and O–H groups in total. The maximum Gasteiger partial charge on any atom is 0.413 e. The van der Waals surface area contributed by atoms with E-state index in [4.69, 9.17) is 0 Å². The van der Waals surface area contributed by atoms with Crippen LogP contribution in [0, 0.1) is 12.9 Å². The summed E-state index contributed by atoms with van der Waals surface area (Å²) in [5, 5.41) is 2.35. The monoisotopic (exact) mass is 262 g/mol. The summed E-state index contributed by atoms with van der Waals surface area (Å²) in [4.78, 5) is 22.7. The van der Waals surface area contributed by atoms with Crippen molar-refractivity contribution in [2.45, 2.75) is 6.92 Å². The van der Waals surface area contributed by atoms with E-state index in [-0.39, 0.29) is 5.95 Å². The van der Waals surface area contributed by atoms with Gasteiger partial charge in [0.25, 0.3) is 0 Å². The van der Waals surface area contributed by atoms with Crippen LogP contribution in [-0.4, -0.2) is 28.2 Å². The summed E-state index contributed by atoms with van der Waals surface area (Å²) in [5.41, 5.74) is 1.89. The molecule has 98 valence electrons. The predicted octanol–water partition coefficient (Wildman–Crippen LogP) is 2.16. The first kappa shape index (κ1) is 12.9. The first-order valence-corrected chi connectivity index (χ1v) is 5.40. The summed E-state index contributed by atoms with van der Waals surface area (Å²) in [7, 11) is 1.24. The lowest BCUT2D eigenvalue weighted by Gasteiger charge is -2.06. The number of rotatable bonds is 2. The molecule has 1 amide bonds. The summed E-state index contributed by atoms with van der Waals surface area (Å²) in [6, 6.07) is 2.95. The highest BCUT2D eigenvalue weighted by Gasteiger charge is 2.08. The number of amides is 1. The van der Waals surface area contributed by atoms with Gasteiger partial charge in [-0.1, -0.05) is 0 Å². The fourth-order valence-electron chi connectivity index (χ4n) is 1.50. The van der Waals surface area contributed by atoms with Gasteiger partial charge in [-0.25, -0.2) is 19.7 Å². The van der Waals surface area contributed by atoms with E-state index >= 15 is 0 Å². The van der Waals surface area contributed by atoms with E-state index in [1.165, 1.54) is 25.6 Å². The van der Waals surface area contributed by atoms with Crippen LogP contribution in [-0.2, 0) is 4.74 Å². The number of carbonyl (C=O) groups excluding carboxylic acids is 1. The minimum Gasteiger partial charge on any atom is -0.453 e. The molecule has 0 radical (unpaired) electrons. The highest BCUT2D eigenvalue weighted by Crippen LogP contribution is 2.21. The third kappa shape index (κ3) is 3.01. The number of carbonyl (C=O) groups is 1. The van der Waals surface area contributed by atoms with Gasteiger partial charge in [0, 0.05) is 18.0 Å². The number of hydrogen-bond acceptors (Lipinski definition) is 5. The SMILES string of the molecule is COC(=O)Nc1nccc(-c2cnc(F)cc2C)n1. The Morgan fingerprint density at radius 3 is 2.89 bits per heavy atom. The molecule has 6 nitrogen and oxygen atoms in total. The molecule has 0 aliphatic heterocycles. The summed E-state index contributed by atoms with van der Waals surface area (Å²) in [6.07, 6.45) is 2.21. The molecule has 0 unspecified atom stereocenters. The van der Waals surface area contributed by atoms with Crippen LogP contribution < -0.4 is 5.32 Å². The summed E-state index contributed by atoms with van der Waals surface area (Å²) >= 11 is 0. The molecule has 0 atom stereocenters. The number of anilines is 1. The maximum atomic E-state index is 12.9. The molecule has 0 saturated heterocycles. The average molecular weight is 262 g/mol. The maximum absolute atomic E-state index is 12.9. The van der Waals surface area contributed by atoms with Gasteiger partial charge in [0.15, 0.2) is 0 Å². The van der Waals surface area contributed by atoms with Gasteiger partial charge in [-0.3, -0.25) is 5.32 Å². The molecule has 2 heterocycles. The van der Waals surface area contributed by atoms with Crippen molar-refractivity contribution in [3.63, 3.8) is 0 Å². The zero-order valence-electron chi connectivity index (χ0n) is 10.3. The second-order valence-electron chi connectivity index (χ2n) is 3.70. The van der Waals surface area contributed by atoms with Crippen LogP contribution in [0.25, 0.3) is 11.3 Å². The minimum atomic E-state index is -0.661. The largest absolute Gasteiger partial charge is 0.453 e. The van der Waals surface area contributed by atoms with E-state index < -0.39 is 12.0 Å².